The molecule has 0 spiro atoms. The predicted molar refractivity (Wildman–Crippen MR) is 289 cm³/mol. The Kier molecular flexibility index (Phi) is 20.8. The Bertz CT molecular complexity index is 2460. The Morgan fingerprint density at radius 1 is 0.576 bits per heavy atom. The van der Waals surface area contributed by atoms with Crippen molar-refractivity contribution in [2.45, 2.75) is 18.1 Å². The molecule has 3 atom stereocenters. The molecule has 2 heterocycles. The molecule has 2 N–H and O–H groups in total. The summed E-state index contributed by atoms with van der Waals surface area (Å²) in [6, 6.07) is 41.1. The van der Waals surface area contributed by atoms with Crippen molar-refractivity contribution in [3.8, 4) is 0 Å². The second kappa shape index (κ2) is 25.9. The number of hydrogen-bond donors (Lipinski definition) is 2. The molecular weight excluding hydrogens is 1040 g/mol. The van der Waals surface area contributed by atoms with E-state index in [0.717, 1.165) is 85.0 Å². The average molecular weight is 1090 g/mol. The highest BCUT2D eigenvalue weighted by Gasteiger charge is 2.29. The van der Waals surface area contributed by atoms with Gasteiger partial charge in [0.1, 0.15) is 0 Å². The molecule has 0 aromatic heterocycles. The lowest BCUT2D eigenvalue weighted by Crippen LogP contribution is -2.47. The van der Waals surface area contributed by atoms with Crippen LogP contribution in [0.15, 0.2) is 127 Å². The molecule has 0 amide bonds. The topological polar surface area (TPSA) is 37.0 Å². The summed E-state index contributed by atoms with van der Waals surface area (Å²) in [6.07, 6.45) is 0. The van der Waals surface area contributed by atoms with Crippen molar-refractivity contribution in [2.24, 2.45) is 0 Å². The van der Waals surface area contributed by atoms with Gasteiger partial charge in [0.25, 0.3) is 0 Å². The standard InChI is InChI=1S/C17H18Cl4N2.C17H17Cl3N2.C16H15Cl3N2/c1-23(9-8-18)11-17(12-2-4-13(19)5-3-12)22-16-7-6-14(20)10-15(16)21;1-21-8-9-22(16-7-6-14(19)10-15(16)20)17(11-21)12-2-4-13(18)5-3-12;17-12-3-1-11(2-4-12)16-10-20-7-8-21(16)15-6-5-13(18)9-14(15)19/h2-7,10,17,22H,8-9,11H2,1H3;2-7,10,17H,8-9,11H2,1H3;1-6,9,16,20H,7-8,10H2/t2*17-;16-/m000/s1. The zero-order chi connectivity index (χ0) is 47.3. The number of benzene rings is 6. The first kappa shape index (κ1) is 52.9. The molecule has 0 bridgehead atoms. The highest BCUT2D eigenvalue weighted by Crippen LogP contribution is 2.38. The summed E-state index contributed by atoms with van der Waals surface area (Å²) in [7, 11) is 4.18. The van der Waals surface area contributed by atoms with Gasteiger partial charge in [0.15, 0.2) is 0 Å². The van der Waals surface area contributed by atoms with E-state index in [1.54, 1.807) is 18.2 Å². The number of anilines is 3. The van der Waals surface area contributed by atoms with Crippen LogP contribution in [0.2, 0.25) is 45.2 Å². The molecule has 6 aromatic carbocycles. The summed E-state index contributed by atoms with van der Waals surface area (Å²) in [5, 5.41) is 13.0. The fraction of sp³-hybridized carbons (Fsp3) is 0.280. The van der Waals surface area contributed by atoms with Crippen LogP contribution in [0.3, 0.4) is 0 Å². The first-order chi connectivity index (χ1) is 31.7. The minimum absolute atomic E-state index is 0.0548. The lowest BCUT2D eigenvalue weighted by atomic mass is 10.0. The highest BCUT2D eigenvalue weighted by molar-refractivity contribution is 6.37. The Balaban J connectivity index is 0.000000164. The third-order valence-electron chi connectivity index (χ3n) is 11.3. The number of nitrogens with zero attached hydrogens (tertiary/aromatic N) is 4. The van der Waals surface area contributed by atoms with Crippen molar-refractivity contribution in [1.29, 1.82) is 0 Å². The summed E-state index contributed by atoms with van der Waals surface area (Å²) >= 11 is 60.9. The van der Waals surface area contributed by atoms with E-state index in [1.165, 1.54) is 11.1 Å². The molecule has 66 heavy (non-hydrogen) atoms. The first-order valence-electron chi connectivity index (χ1n) is 21.2. The van der Waals surface area contributed by atoms with Gasteiger partial charge >= 0.3 is 0 Å². The summed E-state index contributed by atoms with van der Waals surface area (Å²) in [5.41, 5.74) is 6.47. The van der Waals surface area contributed by atoms with Gasteiger partial charge in [0.2, 0.25) is 0 Å². The van der Waals surface area contributed by atoms with Gasteiger partial charge in [-0.2, -0.15) is 0 Å². The van der Waals surface area contributed by atoms with E-state index in [1.807, 2.05) is 92.0 Å². The third kappa shape index (κ3) is 15.2. The Morgan fingerprint density at radius 2 is 1.05 bits per heavy atom. The lowest BCUT2D eigenvalue weighted by Gasteiger charge is -2.42. The minimum Gasteiger partial charge on any atom is -0.376 e. The molecule has 2 aliphatic rings. The molecular formula is C50H50Cl10N6. The second-order valence-electron chi connectivity index (χ2n) is 16.0. The number of hydrogen-bond acceptors (Lipinski definition) is 6. The number of nitrogens with one attached hydrogen (secondary N) is 2. The molecule has 0 saturated carbocycles. The molecule has 2 fully saturated rings. The predicted octanol–water partition coefficient (Wildman–Crippen LogP) is 15.9. The van der Waals surface area contributed by atoms with Crippen LogP contribution in [-0.2, 0) is 0 Å². The van der Waals surface area contributed by atoms with Crippen molar-refractivity contribution in [2.75, 3.05) is 87.5 Å². The van der Waals surface area contributed by atoms with Crippen LogP contribution in [0.25, 0.3) is 0 Å². The van der Waals surface area contributed by atoms with Crippen LogP contribution in [0, 0.1) is 0 Å². The van der Waals surface area contributed by atoms with Gasteiger partial charge in [0.05, 0.1) is 50.3 Å². The Labute approximate surface area is 439 Å². The van der Waals surface area contributed by atoms with E-state index in [2.05, 4.69) is 61.5 Å². The number of piperazine rings is 2. The van der Waals surface area contributed by atoms with Crippen molar-refractivity contribution < 1.29 is 0 Å². The van der Waals surface area contributed by atoms with E-state index in [9.17, 15) is 0 Å². The smallest absolute Gasteiger partial charge is 0.0670 e. The fourth-order valence-electron chi connectivity index (χ4n) is 7.85. The first-order valence-corrected chi connectivity index (χ1v) is 25.2. The molecule has 6 aromatic rings. The number of halogens is 10. The SMILES string of the molecule is CN(CCCl)C[C@H](Nc1ccc(Cl)cc1Cl)c1ccc(Cl)cc1.CN1CCN(c2ccc(Cl)cc2Cl)[C@H](c2ccc(Cl)cc2)C1.Clc1ccc([C@@H]2CNCCN2c2ccc(Cl)cc2Cl)cc1. The van der Waals surface area contributed by atoms with Crippen LogP contribution in [-0.4, -0.2) is 82.1 Å². The van der Waals surface area contributed by atoms with Gasteiger partial charge in [-0.25, -0.2) is 0 Å². The quantitative estimate of drug-likeness (QED) is 0.126. The summed E-state index contributed by atoms with van der Waals surface area (Å²) < 4.78 is 0. The van der Waals surface area contributed by atoms with Crippen LogP contribution < -0.4 is 20.4 Å². The van der Waals surface area contributed by atoms with Crippen LogP contribution in [0.5, 0.6) is 0 Å². The van der Waals surface area contributed by atoms with Crippen molar-refractivity contribution in [1.82, 2.24) is 15.1 Å². The normalized spacial score (nSPS) is 16.8. The van der Waals surface area contributed by atoms with Gasteiger partial charge in [-0.1, -0.05) is 141 Å². The number of likely N-dealkylation sites (N-methyl/N-ethyl adjacent to an activating group) is 2. The van der Waals surface area contributed by atoms with E-state index < -0.39 is 0 Å². The van der Waals surface area contributed by atoms with Gasteiger partial charge in [-0.05, 0) is 122 Å². The highest BCUT2D eigenvalue weighted by atomic mass is 35.5. The second-order valence-corrected chi connectivity index (χ2v) is 20.2. The maximum absolute atomic E-state index is 6.42. The molecule has 0 radical (unpaired) electrons. The molecule has 0 unspecified atom stereocenters. The van der Waals surface area contributed by atoms with Crippen LogP contribution >= 0.6 is 116 Å². The maximum atomic E-state index is 6.42. The van der Waals surface area contributed by atoms with Gasteiger partial charge in [-0.15, -0.1) is 11.6 Å². The molecule has 0 aliphatic carbocycles. The monoisotopic (exact) mass is 1080 g/mol. The Hall–Kier alpha value is -2.50. The Morgan fingerprint density at radius 3 is 1.56 bits per heavy atom. The third-order valence-corrected chi connectivity index (χ3v) is 13.8. The number of rotatable bonds is 11. The summed E-state index contributed by atoms with van der Waals surface area (Å²) in [5.74, 6) is 0.589. The molecule has 2 saturated heterocycles. The number of alkyl halides is 1. The van der Waals surface area contributed by atoms with Gasteiger partial charge in [-0.3, -0.25) is 0 Å². The molecule has 2 aliphatic heterocycles. The largest absolute Gasteiger partial charge is 0.376 e. The van der Waals surface area contributed by atoms with E-state index >= 15 is 0 Å². The van der Waals surface area contributed by atoms with Gasteiger partial charge < -0.3 is 30.2 Å². The maximum Gasteiger partial charge on any atom is 0.0670 e. The zero-order valence-electron chi connectivity index (χ0n) is 36.3. The molecule has 6 nitrogen and oxygen atoms in total. The molecule has 8 rings (SSSR count). The van der Waals surface area contributed by atoms with E-state index in [-0.39, 0.29) is 18.1 Å². The van der Waals surface area contributed by atoms with Gasteiger partial charge in [0, 0.05) is 88.4 Å². The molecule has 350 valence electrons. The summed E-state index contributed by atoms with van der Waals surface area (Å²) in [6.45, 7) is 7.17. The summed E-state index contributed by atoms with van der Waals surface area (Å²) in [4.78, 5) is 9.17. The minimum atomic E-state index is 0.0548. The van der Waals surface area contributed by atoms with E-state index in [0.29, 0.717) is 41.0 Å². The van der Waals surface area contributed by atoms with Crippen molar-refractivity contribution in [3.63, 3.8) is 0 Å². The van der Waals surface area contributed by atoms with Crippen LogP contribution in [0.4, 0.5) is 17.1 Å². The zero-order valence-corrected chi connectivity index (χ0v) is 43.8. The average Bonchev–Trinajstić information content (AvgIpc) is 3.29. The van der Waals surface area contributed by atoms with Crippen molar-refractivity contribution in [3.05, 3.63) is 189 Å². The fourth-order valence-corrected chi connectivity index (χ4v) is 10.0. The van der Waals surface area contributed by atoms with Crippen LogP contribution in [0.1, 0.15) is 34.8 Å². The molecule has 16 heteroatoms. The lowest BCUT2D eigenvalue weighted by molar-refractivity contribution is 0.269. The van der Waals surface area contributed by atoms with Crippen molar-refractivity contribution >= 4 is 133 Å². The van der Waals surface area contributed by atoms with E-state index in [4.69, 9.17) is 116 Å².